The number of rotatable bonds is 1. The first-order valence-electron chi connectivity index (χ1n) is 7.32. The number of nitrogens with zero attached hydrogens (tertiary/aromatic N) is 2. The van der Waals surface area contributed by atoms with E-state index in [0.29, 0.717) is 48.0 Å². The second-order valence-corrected chi connectivity index (χ2v) is 6.78. The predicted molar refractivity (Wildman–Crippen MR) is 87.8 cm³/mol. The van der Waals surface area contributed by atoms with Crippen LogP contribution in [0, 0.1) is 5.92 Å². The van der Waals surface area contributed by atoms with Gasteiger partial charge in [-0.25, -0.2) is 4.79 Å². The lowest BCUT2D eigenvalue weighted by Gasteiger charge is -2.29. The molecule has 22 heavy (non-hydrogen) atoms. The zero-order valence-corrected chi connectivity index (χ0v) is 13.9. The summed E-state index contributed by atoms with van der Waals surface area (Å²) >= 11 is 11.9. The first-order valence-corrected chi connectivity index (χ1v) is 8.07. The van der Waals surface area contributed by atoms with Crippen LogP contribution in [0.5, 0.6) is 0 Å². The lowest BCUT2D eigenvalue weighted by Crippen LogP contribution is -2.46. The Kier molecular flexibility index (Phi) is 4.78. The molecule has 2 bridgehead atoms. The summed E-state index contributed by atoms with van der Waals surface area (Å²) in [6.07, 6.45) is 0. The molecular formula is C15H19Cl2N3O2. The van der Waals surface area contributed by atoms with Gasteiger partial charge in [0.2, 0.25) is 0 Å². The van der Waals surface area contributed by atoms with E-state index in [9.17, 15) is 4.79 Å². The highest BCUT2D eigenvalue weighted by Gasteiger charge is 2.33. The lowest BCUT2D eigenvalue weighted by molar-refractivity contribution is 0.0643. The fourth-order valence-corrected chi connectivity index (χ4v) is 3.29. The molecule has 0 unspecified atom stereocenters. The Labute approximate surface area is 140 Å². The summed E-state index contributed by atoms with van der Waals surface area (Å²) in [6, 6.07) is 5.23. The summed E-state index contributed by atoms with van der Waals surface area (Å²) < 4.78 is 5.68. The first kappa shape index (κ1) is 15.9. The average molecular weight is 344 g/mol. The number of hydrogen-bond donors (Lipinski definition) is 1. The maximum atomic E-state index is 12.5. The average Bonchev–Trinajstić information content (AvgIpc) is 2.71. The van der Waals surface area contributed by atoms with E-state index in [0.717, 1.165) is 6.54 Å². The number of carbonyl (C=O) groups excluding carboxylic acids is 1. The zero-order valence-electron chi connectivity index (χ0n) is 12.4. The molecule has 2 aliphatic rings. The molecule has 5 nitrogen and oxygen atoms in total. The van der Waals surface area contributed by atoms with Crippen LogP contribution in [0.1, 0.15) is 0 Å². The van der Waals surface area contributed by atoms with Gasteiger partial charge in [-0.3, -0.25) is 4.90 Å². The van der Waals surface area contributed by atoms with Crippen molar-refractivity contribution in [3.63, 3.8) is 0 Å². The minimum absolute atomic E-state index is 0.106. The molecular weight excluding hydrogens is 325 g/mol. The molecule has 3 rings (SSSR count). The van der Waals surface area contributed by atoms with Gasteiger partial charge in [0, 0.05) is 31.2 Å². The van der Waals surface area contributed by atoms with E-state index in [4.69, 9.17) is 27.9 Å². The molecule has 7 heteroatoms. The van der Waals surface area contributed by atoms with Crippen molar-refractivity contribution >= 4 is 34.9 Å². The Morgan fingerprint density at radius 1 is 1.23 bits per heavy atom. The molecule has 0 aliphatic carbocycles. The third-order valence-electron chi connectivity index (χ3n) is 4.20. The molecule has 0 aromatic heterocycles. The fourth-order valence-electron chi connectivity index (χ4n) is 2.99. The number of halogens is 2. The third-order valence-corrected chi connectivity index (χ3v) is 4.94. The molecule has 2 aliphatic heterocycles. The molecule has 0 spiro atoms. The maximum Gasteiger partial charge on any atom is 0.321 e. The summed E-state index contributed by atoms with van der Waals surface area (Å²) in [6.45, 7) is 3.70. The van der Waals surface area contributed by atoms with Gasteiger partial charge < -0.3 is 15.0 Å². The van der Waals surface area contributed by atoms with Gasteiger partial charge in [-0.2, -0.15) is 0 Å². The van der Waals surface area contributed by atoms with Gasteiger partial charge in [-0.05, 0) is 25.2 Å². The van der Waals surface area contributed by atoms with Gasteiger partial charge in [-0.15, -0.1) is 0 Å². The number of benzene rings is 1. The largest absolute Gasteiger partial charge is 0.379 e. The van der Waals surface area contributed by atoms with E-state index in [1.807, 2.05) is 4.90 Å². The molecule has 1 aromatic rings. The Morgan fingerprint density at radius 3 is 2.82 bits per heavy atom. The van der Waals surface area contributed by atoms with E-state index in [-0.39, 0.29) is 12.1 Å². The van der Waals surface area contributed by atoms with Gasteiger partial charge in [0.15, 0.2) is 0 Å². The van der Waals surface area contributed by atoms with Gasteiger partial charge in [0.1, 0.15) is 0 Å². The molecule has 0 radical (unpaired) electrons. The SMILES string of the molecule is CN1C[C@H]2COC[C@@H]1CN(C(=O)Nc1ccc(Cl)c(Cl)c1)C2. The second kappa shape index (κ2) is 6.62. The summed E-state index contributed by atoms with van der Waals surface area (Å²) in [5.74, 6) is 0.344. The van der Waals surface area contributed by atoms with E-state index in [1.54, 1.807) is 18.2 Å². The Balaban J connectivity index is 1.70. The van der Waals surface area contributed by atoms with Crippen LogP contribution in [0.2, 0.25) is 10.0 Å². The van der Waals surface area contributed by atoms with E-state index in [1.165, 1.54) is 0 Å². The van der Waals surface area contributed by atoms with Crippen molar-refractivity contribution in [3.8, 4) is 0 Å². The minimum atomic E-state index is -0.106. The van der Waals surface area contributed by atoms with Gasteiger partial charge >= 0.3 is 6.03 Å². The van der Waals surface area contributed by atoms with Crippen molar-refractivity contribution in [1.82, 2.24) is 9.80 Å². The molecule has 120 valence electrons. The van der Waals surface area contributed by atoms with Crippen molar-refractivity contribution in [2.24, 2.45) is 5.92 Å². The van der Waals surface area contributed by atoms with Crippen molar-refractivity contribution in [3.05, 3.63) is 28.2 Å². The first-order chi connectivity index (χ1) is 10.5. The molecule has 2 heterocycles. The Hall–Kier alpha value is -1.01. The third kappa shape index (κ3) is 3.49. The Morgan fingerprint density at radius 2 is 2.05 bits per heavy atom. The normalized spacial score (nSPS) is 25.7. The van der Waals surface area contributed by atoms with Crippen LogP contribution in [0.15, 0.2) is 18.2 Å². The summed E-state index contributed by atoms with van der Waals surface area (Å²) in [4.78, 5) is 16.7. The van der Waals surface area contributed by atoms with Crippen LogP contribution in [0.25, 0.3) is 0 Å². The summed E-state index contributed by atoms with van der Waals surface area (Å²) in [7, 11) is 2.09. The highest BCUT2D eigenvalue weighted by atomic mass is 35.5. The number of ether oxygens (including phenoxy) is 1. The number of hydrogen-bond acceptors (Lipinski definition) is 3. The monoisotopic (exact) mass is 343 g/mol. The zero-order chi connectivity index (χ0) is 15.7. The van der Waals surface area contributed by atoms with Gasteiger partial charge in [-0.1, -0.05) is 23.2 Å². The fraction of sp³-hybridized carbons (Fsp3) is 0.533. The molecule has 2 amide bonds. The number of carbonyl (C=O) groups is 1. The number of likely N-dealkylation sites (N-methyl/N-ethyl adjacent to an activating group) is 1. The van der Waals surface area contributed by atoms with Crippen LogP contribution >= 0.6 is 23.2 Å². The second-order valence-electron chi connectivity index (χ2n) is 5.96. The highest BCUT2D eigenvalue weighted by molar-refractivity contribution is 6.42. The summed E-state index contributed by atoms with van der Waals surface area (Å²) in [5, 5.41) is 3.80. The smallest absolute Gasteiger partial charge is 0.321 e. The molecule has 0 saturated carbocycles. The van der Waals surface area contributed by atoms with Crippen LogP contribution in [0.3, 0.4) is 0 Å². The topological polar surface area (TPSA) is 44.8 Å². The molecule has 1 N–H and O–H groups in total. The van der Waals surface area contributed by atoms with Gasteiger partial charge in [0.05, 0.1) is 29.3 Å². The predicted octanol–water partition coefficient (Wildman–Crippen LogP) is 2.79. The van der Waals surface area contributed by atoms with Crippen LogP contribution in [-0.2, 0) is 4.74 Å². The highest BCUT2D eigenvalue weighted by Crippen LogP contribution is 2.25. The maximum absolute atomic E-state index is 12.5. The summed E-state index contributed by atoms with van der Waals surface area (Å²) in [5.41, 5.74) is 0.651. The number of urea groups is 1. The van der Waals surface area contributed by atoms with E-state index < -0.39 is 0 Å². The van der Waals surface area contributed by atoms with Crippen molar-refractivity contribution in [1.29, 1.82) is 0 Å². The van der Waals surface area contributed by atoms with Crippen molar-refractivity contribution in [2.75, 3.05) is 45.2 Å². The molecule has 2 saturated heterocycles. The molecule has 1 aromatic carbocycles. The van der Waals surface area contributed by atoms with E-state index >= 15 is 0 Å². The quantitative estimate of drug-likeness (QED) is 0.852. The Bertz CT molecular complexity index is 570. The molecule has 2 fully saturated rings. The number of anilines is 1. The van der Waals surface area contributed by atoms with Crippen molar-refractivity contribution < 1.29 is 9.53 Å². The van der Waals surface area contributed by atoms with Crippen molar-refractivity contribution in [2.45, 2.75) is 6.04 Å². The number of fused-ring (bicyclic) bond motifs is 3. The van der Waals surface area contributed by atoms with Gasteiger partial charge in [0.25, 0.3) is 0 Å². The molecule has 2 atom stereocenters. The number of amides is 2. The van der Waals surface area contributed by atoms with Crippen LogP contribution < -0.4 is 5.32 Å². The van der Waals surface area contributed by atoms with E-state index in [2.05, 4.69) is 17.3 Å². The minimum Gasteiger partial charge on any atom is -0.379 e. The lowest BCUT2D eigenvalue weighted by atomic mass is 10.1. The standard InChI is InChI=1S/C15H19Cl2N3O2/c1-19-5-10-6-20(7-12(19)9-22-8-10)15(21)18-11-2-3-13(16)14(17)4-11/h2-4,10,12H,5-9H2,1H3,(H,18,21)/t10-,12+/m1/s1. The van der Waals surface area contributed by atoms with Crippen LogP contribution in [0.4, 0.5) is 10.5 Å². The van der Waals surface area contributed by atoms with Crippen LogP contribution in [-0.4, -0.2) is 61.8 Å². The number of nitrogens with one attached hydrogen (secondary N) is 1.